The first kappa shape index (κ1) is 24.3. The highest BCUT2D eigenvalue weighted by Crippen LogP contribution is 2.55. The summed E-state index contributed by atoms with van der Waals surface area (Å²) < 4.78 is 5.39. The SMILES string of the molecule is COc1ccc(N2N=C(C(C)=O)S[C@@]23c2ccccc2C(c2ccc(Cl)cc2)=NN3c2ccccc2)cc1. The average Bonchev–Trinajstić information content (AvgIpc) is 3.36. The van der Waals surface area contributed by atoms with Crippen molar-refractivity contribution in [2.45, 2.75) is 11.9 Å². The summed E-state index contributed by atoms with van der Waals surface area (Å²) in [5.41, 5.74) is 5.31. The molecule has 38 heavy (non-hydrogen) atoms. The summed E-state index contributed by atoms with van der Waals surface area (Å²) >= 11 is 7.60. The molecule has 0 unspecified atom stereocenters. The van der Waals surface area contributed by atoms with E-state index in [1.54, 1.807) is 14.0 Å². The van der Waals surface area contributed by atoms with Crippen molar-refractivity contribution in [3.63, 3.8) is 0 Å². The third kappa shape index (κ3) is 3.95. The van der Waals surface area contributed by atoms with Crippen molar-refractivity contribution in [1.82, 2.24) is 0 Å². The Labute approximate surface area is 230 Å². The molecule has 6 nitrogen and oxygen atoms in total. The summed E-state index contributed by atoms with van der Waals surface area (Å²) in [6, 6.07) is 33.4. The predicted molar refractivity (Wildman–Crippen MR) is 155 cm³/mol. The van der Waals surface area contributed by atoms with Crippen molar-refractivity contribution in [3.8, 4) is 5.75 Å². The van der Waals surface area contributed by atoms with Gasteiger partial charge in [-0.05, 0) is 60.3 Å². The lowest BCUT2D eigenvalue weighted by Crippen LogP contribution is -2.54. The number of ether oxygens (including phenoxy) is 1. The average molecular weight is 539 g/mol. The Morgan fingerprint density at radius 1 is 0.816 bits per heavy atom. The molecule has 0 fully saturated rings. The van der Waals surface area contributed by atoms with Crippen LogP contribution in [0.2, 0.25) is 5.02 Å². The maximum atomic E-state index is 12.8. The van der Waals surface area contributed by atoms with Crippen LogP contribution in [-0.4, -0.2) is 23.6 Å². The van der Waals surface area contributed by atoms with Gasteiger partial charge in [-0.2, -0.15) is 10.2 Å². The number of thioether (sulfide) groups is 1. The fourth-order valence-electron chi connectivity index (χ4n) is 4.69. The van der Waals surface area contributed by atoms with Gasteiger partial charge in [0.1, 0.15) is 5.75 Å². The van der Waals surface area contributed by atoms with Crippen LogP contribution in [0, 0.1) is 0 Å². The molecule has 0 bridgehead atoms. The number of carbonyl (C=O) groups is 1. The zero-order valence-electron chi connectivity index (χ0n) is 20.7. The molecule has 1 spiro atoms. The molecule has 2 aliphatic rings. The van der Waals surface area contributed by atoms with E-state index in [1.165, 1.54) is 11.8 Å². The summed E-state index contributed by atoms with van der Waals surface area (Å²) in [5, 5.41) is 15.1. The number of anilines is 2. The minimum Gasteiger partial charge on any atom is -0.497 e. The predicted octanol–water partition coefficient (Wildman–Crippen LogP) is 6.89. The Hall–Kier alpha value is -4.07. The number of halogens is 1. The van der Waals surface area contributed by atoms with E-state index in [4.69, 9.17) is 26.5 Å². The maximum Gasteiger partial charge on any atom is 0.234 e. The Morgan fingerprint density at radius 3 is 2.13 bits per heavy atom. The number of rotatable bonds is 5. The number of ketones is 1. The highest BCUT2D eigenvalue weighted by Gasteiger charge is 2.55. The Balaban J connectivity index is 1.64. The van der Waals surface area contributed by atoms with E-state index < -0.39 is 4.99 Å². The minimum atomic E-state index is -0.997. The van der Waals surface area contributed by atoms with Crippen LogP contribution < -0.4 is 14.8 Å². The van der Waals surface area contributed by atoms with Gasteiger partial charge in [-0.1, -0.05) is 66.2 Å². The lowest BCUT2D eigenvalue weighted by Gasteiger charge is -2.47. The van der Waals surface area contributed by atoms with Crippen molar-refractivity contribution in [2.75, 3.05) is 17.1 Å². The second-order valence-corrected chi connectivity index (χ2v) is 10.4. The molecule has 2 aliphatic heterocycles. The van der Waals surface area contributed by atoms with Crippen LogP contribution in [0.4, 0.5) is 11.4 Å². The number of methoxy groups -OCH3 is 1. The minimum absolute atomic E-state index is 0.108. The molecule has 1 atom stereocenters. The normalized spacial score (nSPS) is 18.2. The number of hydrogen-bond donors (Lipinski definition) is 0. The van der Waals surface area contributed by atoms with Crippen LogP contribution in [-0.2, 0) is 9.79 Å². The first-order valence-electron chi connectivity index (χ1n) is 12.0. The van der Waals surface area contributed by atoms with Crippen LogP contribution in [0.5, 0.6) is 5.75 Å². The van der Waals surface area contributed by atoms with Gasteiger partial charge in [0.05, 0.1) is 24.2 Å². The second kappa shape index (κ2) is 9.67. The molecule has 0 N–H and O–H groups in total. The summed E-state index contributed by atoms with van der Waals surface area (Å²) in [6.07, 6.45) is 0. The molecule has 4 aromatic carbocycles. The fraction of sp³-hybridized carbons (Fsp3) is 0.100. The van der Waals surface area contributed by atoms with E-state index in [-0.39, 0.29) is 5.78 Å². The molecule has 2 heterocycles. The van der Waals surface area contributed by atoms with Crippen LogP contribution in [0.3, 0.4) is 0 Å². The number of Topliss-reactive ketones (excluding diaryl/α,β-unsaturated/α-hetero) is 1. The second-order valence-electron chi connectivity index (χ2n) is 8.83. The number of fused-ring (bicyclic) bond motifs is 2. The first-order valence-corrected chi connectivity index (χ1v) is 13.2. The lowest BCUT2D eigenvalue weighted by atomic mass is 9.93. The number of para-hydroxylation sites is 1. The molecule has 4 aromatic rings. The van der Waals surface area contributed by atoms with Crippen LogP contribution in [0.1, 0.15) is 23.6 Å². The third-order valence-corrected chi connectivity index (χ3v) is 8.14. The smallest absolute Gasteiger partial charge is 0.234 e. The van der Waals surface area contributed by atoms with Gasteiger partial charge in [0.2, 0.25) is 4.99 Å². The van der Waals surface area contributed by atoms with Crippen LogP contribution in [0.15, 0.2) is 113 Å². The van der Waals surface area contributed by atoms with Gasteiger partial charge in [0.25, 0.3) is 0 Å². The van der Waals surface area contributed by atoms with Crippen LogP contribution >= 0.6 is 23.4 Å². The number of hydrazone groups is 2. The standard InChI is InChI=1S/C30H23ClN4O2S/c1-20(36)29-33-35(24-16-18-25(37-2)19-17-24)30(38-29)27-11-7-6-10-26(27)28(21-12-14-22(31)15-13-21)32-34(30)23-8-4-3-5-9-23/h3-19H,1-2H3/t30-/m1/s1. The number of carbonyl (C=O) groups excluding carboxylic acids is 1. The van der Waals surface area contributed by atoms with Crippen molar-refractivity contribution in [3.05, 3.63) is 125 Å². The number of benzene rings is 4. The zero-order valence-corrected chi connectivity index (χ0v) is 22.3. The van der Waals surface area contributed by atoms with Gasteiger partial charge in [0, 0.05) is 28.6 Å². The maximum absolute atomic E-state index is 12.8. The van der Waals surface area contributed by atoms with Gasteiger partial charge in [-0.25, -0.2) is 10.0 Å². The molecule has 0 aromatic heterocycles. The van der Waals surface area contributed by atoms with Crippen molar-refractivity contribution < 1.29 is 9.53 Å². The molecular weight excluding hydrogens is 516 g/mol. The lowest BCUT2D eigenvalue weighted by molar-refractivity contribution is -0.110. The summed E-state index contributed by atoms with van der Waals surface area (Å²) in [6.45, 7) is 1.54. The van der Waals surface area contributed by atoms with Crippen LogP contribution in [0.25, 0.3) is 0 Å². The summed E-state index contributed by atoms with van der Waals surface area (Å²) in [5.74, 6) is 0.626. The third-order valence-electron chi connectivity index (χ3n) is 6.47. The molecular formula is C30H23ClN4O2S. The highest BCUT2D eigenvalue weighted by molar-refractivity contribution is 8.17. The molecule has 0 saturated heterocycles. The van der Waals surface area contributed by atoms with Gasteiger partial charge < -0.3 is 4.74 Å². The van der Waals surface area contributed by atoms with E-state index in [0.29, 0.717) is 10.1 Å². The van der Waals surface area contributed by atoms with Gasteiger partial charge >= 0.3 is 0 Å². The van der Waals surface area contributed by atoms with E-state index >= 15 is 0 Å². The summed E-state index contributed by atoms with van der Waals surface area (Å²) in [7, 11) is 1.63. The Morgan fingerprint density at radius 2 is 1.45 bits per heavy atom. The largest absolute Gasteiger partial charge is 0.497 e. The zero-order chi connectivity index (χ0) is 26.3. The quantitative estimate of drug-likeness (QED) is 0.277. The Bertz CT molecular complexity index is 1570. The molecule has 6 rings (SSSR count). The molecule has 8 heteroatoms. The van der Waals surface area contributed by atoms with E-state index in [0.717, 1.165) is 39.5 Å². The summed E-state index contributed by atoms with van der Waals surface area (Å²) in [4.78, 5) is 11.8. The number of nitrogens with zero attached hydrogens (tertiary/aromatic N) is 4. The van der Waals surface area contributed by atoms with Crippen molar-refractivity contribution in [2.24, 2.45) is 10.2 Å². The topological polar surface area (TPSA) is 57.5 Å². The monoisotopic (exact) mass is 538 g/mol. The molecule has 188 valence electrons. The Kier molecular flexibility index (Phi) is 6.18. The van der Waals surface area contributed by atoms with Crippen molar-refractivity contribution in [1.29, 1.82) is 0 Å². The van der Waals surface area contributed by atoms with E-state index in [9.17, 15) is 4.79 Å². The van der Waals surface area contributed by atoms with Gasteiger partial charge in [-0.15, -0.1) is 0 Å². The van der Waals surface area contributed by atoms with E-state index in [1.807, 2.05) is 101 Å². The van der Waals surface area contributed by atoms with Gasteiger partial charge in [0.15, 0.2) is 10.8 Å². The fourth-order valence-corrected chi connectivity index (χ4v) is 6.10. The molecule has 0 radical (unpaired) electrons. The highest BCUT2D eigenvalue weighted by atomic mass is 35.5. The van der Waals surface area contributed by atoms with Crippen molar-refractivity contribution >= 4 is 51.3 Å². The molecule has 0 saturated carbocycles. The molecule has 0 aliphatic carbocycles. The van der Waals surface area contributed by atoms with Gasteiger partial charge in [-0.3, -0.25) is 4.79 Å². The number of hydrogen-bond acceptors (Lipinski definition) is 7. The van der Waals surface area contributed by atoms with E-state index in [2.05, 4.69) is 12.1 Å². The molecule has 0 amide bonds. The first-order chi connectivity index (χ1) is 18.5.